The molecular weight excluding hydrogens is 316 g/mol. The van der Waals surface area contributed by atoms with Crippen molar-refractivity contribution in [2.45, 2.75) is 33.1 Å². The van der Waals surface area contributed by atoms with Crippen molar-refractivity contribution in [2.24, 2.45) is 16.6 Å². The van der Waals surface area contributed by atoms with Crippen molar-refractivity contribution in [2.75, 3.05) is 27.3 Å². The Kier molecular flexibility index (Phi) is 6.98. The number of hydrogen-bond donors (Lipinski definition) is 3. The highest BCUT2D eigenvalue weighted by atomic mass is 16.5. The van der Waals surface area contributed by atoms with Gasteiger partial charge in [-0.3, -0.25) is 4.99 Å². The molecule has 0 amide bonds. The Morgan fingerprint density at radius 3 is 2.72 bits per heavy atom. The molecule has 138 valence electrons. The van der Waals surface area contributed by atoms with Crippen LogP contribution in [0, 0.1) is 5.92 Å². The molecule has 6 heteroatoms. The minimum Gasteiger partial charge on any atom is -0.497 e. The average molecular weight is 346 g/mol. The van der Waals surface area contributed by atoms with E-state index in [2.05, 4.69) is 35.2 Å². The van der Waals surface area contributed by atoms with E-state index in [-0.39, 0.29) is 0 Å². The molecule has 0 saturated carbocycles. The fourth-order valence-electron chi connectivity index (χ4n) is 2.67. The zero-order valence-corrected chi connectivity index (χ0v) is 15.7. The van der Waals surface area contributed by atoms with E-state index in [1.807, 2.05) is 12.1 Å². The van der Waals surface area contributed by atoms with Crippen molar-refractivity contribution in [3.05, 3.63) is 23.9 Å². The molecule has 0 fully saturated rings. The second-order valence-corrected chi connectivity index (χ2v) is 6.57. The first-order valence-corrected chi connectivity index (χ1v) is 8.81. The summed E-state index contributed by atoms with van der Waals surface area (Å²) in [7, 11) is 3.33. The molecule has 0 radical (unpaired) electrons. The number of fused-ring (bicyclic) bond motifs is 1. The molecule has 0 bridgehead atoms. The monoisotopic (exact) mass is 346 g/mol. The standard InChI is InChI=1S/C19H30N4O2/c1-13(2)7-9-22-19(20)21-8-5-6-14-10-16-17(23-14)11-15(24-3)12-18(16)25-4/h10-13,23H,5-9H2,1-4H3,(H3,20,21,22). The normalized spacial score (nSPS) is 12.0. The van der Waals surface area contributed by atoms with Crippen LogP contribution in [0.25, 0.3) is 10.9 Å². The number of methoxy groups -OCH3 is 2. The third kappa shape index (κ3) is 5.59. The minimum atomic E-state index is 0.531. The van der Waals surface area contributed by atoms with Crippen molar-refractivity contribution >= 4 is 16.9 Å². The maximum absolute atomic E-state index is 5.87. The van der Waals surface area contributed by atoms with Gasteiger partial charge in [-0.2, -0.15) is 0 Å². The van der Waals surface area contributed by atoms with Gasteiger partial charge in [-0.1, -0.05) is 13.8 Å². The van der Waals surface area contributed by atoms with Crippen LogP contribution in [0.15, 0.2) is 23.2 Å². The zero-order valence-electron chi connectivity index (χ0n) is 15.7. The summed E-state index contributed by atoms with van der Waals surface area (Å²) in [5.41, 5.74) is 8.04. The van der Waals surface area contributed by atoms with Crippen molar-refractivity contribution in [3.8, 4) is 11.5 Å². The number of ether oxygens (including phenoxy) is 2. The number of aromatic amines is 1. The largest absolute Gasteiger partial charge is 0.497 e. The average Bonchev–Trinajstić information content (AvgIpc) is 3.00. The summed E-state index contributed by atoms with van der Waals surface area (Å²) in [4.78, 5) is 7.80. The predicted molar refractivity (Wildman–Crippen MR) is 104 cm³/mol. The highest BCUT2D eigenvalue weighted by Gasteiger charge is 2.09. The number of aromatic nitrogens is 1. The van der Waals surface area contributed by atoms with E-state index >= 15 is 0 Å². The topological polar surface area (TPSA) is 84.7 Å². The SMILES string of the molecule is COc1cc(OC)c2cc(CCCN=C(N)NCCC(C)C)[nH]c2c1. The van der Waals surface area contributed by atoms with Crippen LogP contribution >= 0.6 is 0 Å². The second-order valence-electron chi connectivity index (χ2n) is 6.57. The molecule has 0 aliphatic carbocycles. The van der Waals surface area contributed by atoms with Crippen LogP contribution in [-0.4, -0.2) is 38.3 Å². The lowest BCUT2D eigenvalue weighted by molar-refractivity contribution is 0.398. The molecule has 1 aromatic carbocycles. The number of nitrogens with zero attached hydrogens (tertiary/aromatic N) is 1. The smallest absolute Gasteiger partial charge is 0.188 e. The van der Waals surface area contributed by atoms with Gasteiger partial charge in [0.1, 0.15) is 11.5 Å². The van der Waals surface area contributed by atoms with Crippen molar-refractivity contribution in [3.63, 3.8) is 0 Å². The molecule has 0 aliphatic heterocycles. The van der Waals surface area contributed by atoms with E-state index in [9.17, 15) is 0 Å². The molecule has 2 rings (SSSR count). The van der Waals surface area contributed by atoms with Crippen LogP contribution < -0.4 is 20.5 Å². The fraction of sp³-hybridized carbons (Fsp3) is 0.526. The van der Waals surface area contributed by atoms with E-state index in [1.54, 1.807) is 14.2 Å². The number of aryl methyl sites for hydroxylation is 1. The summed E-state index contributed by atoms with van der Waals surface area (Å²) < 4.78 is 10.8. The number of nitrogens with two attached hydrogens (primary N) is 1. The fourth-order valence-corrected chi connectivity index (χ4v) is 2.67. The van der Waals surface area contributed by atoms with Gasteiger partial charge in [-0.05, 0) is 31.2 Å². The first-order valence-electron chi connectivity index (χ1n) is 8.81. The van der Waals surface area contributed by atoms with Crippen LogP contribution in [0.4, 0.5) is 0 Å². The Labute approximate surface area is 149 Å². The van der Waals surface area contributed by atoms with Crippen molar-refractivity contribution < 1.29 is 9.47 Å². The highest BCUT2D eigenvalue weighted by molar-refractivity contribution is 5.88. The third-order valence-corrected chi connectivity index (χ3v) is 4.10. The Balaban J connectivity index is 1.89. The summed E-state index contributed by atoms with van der Waals surface area (Å²) in [6.45, 7) is 5.97. The summed E-state index contributed by atoms with van der Waals surface area (Å²) in [5, 5.41) is 4.22. The van der Waals surface area contributed by atoms with Crippen LogP contribution in [0.5, 0.6) is 11.5 Å². The molecule has 0 spiro atoms. The van der Waals surface area contributed by atoms with Crippen LogP contribution in [0.3, 0.4) is 0 Å². The van der Waals surface area contributed by atoms with Crippen LogP contribution in [-0.2, 0) is 6.42 Å². The van der Waals surface area contributed by atoms with Gasteiger partial charge in [0.2, 0.25) is 0 Å². The van der Waals surface area contributed by atoms with E-state index in [0.717, 1.165) is 53.9 Å². The number of H-pyrrole nitrogens is 1. The molecule has 0 atom stereocenters. The molecule has 0 aliphatic rings. The van der Waals surface area contributed by atoms with E-state index in [1.165, 1.54) is 0 Å². The molecule has 6 nitrogen and oxygen atoms in total. The number of benzene rings is 1. The molecule has 2 aromatic rings. The third-order valence-electron chi connectivity index (χ3n) is 4.10. The minimum absolute atomic E-state index is 0.531. The Morgan fingerprint density at radius 2 is 2.04 bits per heavy atom. The predicted octanol–water partition coefficient (Wildman–Crippen LogP) is 3.07. The van der Waals surface area contributed by atoms with Crippen molar-refractivity contribution in [1.29, 1.82) is 0 Å². The van der Waals surface area contributed by atoms with Gasteiger partial charge >= 0.3 is 0 Å². The second kappa shape index (κ2) is 9.20. The first kappa shape index (κ1) is 19.0. The number of rotatable bonds is 9. The van der Waals surface area contributed by atoms with Gasteiger partial charge in [0.25, 0.3) is 0 Å². The lowest BCUT2D eigenvalue weighted by Crippen LogP contribution is -2.33. The quantitative estimate of drug-likeness (QED) is 0.370. The van der Waals surface area contributed by atoms with Crippen molar-refractivity contribution in [1.82, 2.24) is 10.3 Å². The number of aliphatic imine (C=N–C) groups is 1. The molecule has 0 unspecified atom stereocenters. The molecule has 1 aromatic heterocycles. The highest BCUT2D eigenvalue weighted by Crippen LogP contribution is 2.31. The van der Waals surface area contributed by atoms with Gasteiger partial charge in [0, 0.05) is 36.3 Å². The summed E-state index contributed by atoms with van der Waals surface area (Å²) in [6.07, 6.45) is 2.93. The van der Waals surface area contributed by atoms with Gasteiger partial charge in [0.15, 0.2) is 5.96 Å². The maximum atomic E-state index is 5.87. The Morgan fingerprint density at radius 1 is 1.24 bits per heavy atom. The number of hydrogen-bond acceptors (Lipinski definition) is 3. The molecular formula is C19H30N4O2. The number of nitrogens with one attached hydrogen (secondary N) is 2. The Bertz CT molecular complexity index is 707. The lowest BCUT2D eigenvalue weighted by atomic mass is 10.1. The van der Waals surface area contributed by atoms with Gasteiger partial charge in [-0.15, -0.1) is 0 Å². The molecule has 25 heavy (non-hydrogen) atoms. The molecule has 0 saturated heterocycles. The summed E-state index contributed by atoms with van der Waals surface area (Å²) >= 11 is 0. The molecule has 1 heterocycles. The summed E-state index contributed by atoms with van der Waals surface area (Å²) in [5.74, 6) is 2.79. The molecule has 4 N–H and O–H groups in total. The lowest BCUT2D eigenvalue weighted by Gasteiger charge is -2.07. The van der Waals surface area contributed by atoms with Gasteiger partial charge < -0.3 is 25.5 Å². The maximum Gasteiger partial charge on any atom is 0.188 e. The first-order chi connectivity index (χ1) is 12.0. The van der Waals surface area contributed by atoms with Crippen LogP contribution in [0.1, 0.15) is 32.4 Å². The van der Waals surface area contributed by atoms with Gasteiger partial charge in [0.05, 0.1) is 19.7 Å². The van der Waals surface area contributed by atoms with Gasteiger partial charge in [-0.25, -0.2) is 0 Å². The van der Waals surface area contributed by atoms with E-state index in [0.29, 0.717) is 18.4 Å². The zero-order chi connectivity index (χ0) is 18.2. The van der Waals surface area contributed by atoms with E-state index in [4.69, 9.17) is 15.2 Å². The summed E-state index contributed by atoms with van der Waals surface area (Å²) in [6, 6.07) is 6.01. The number of guanidine groups is 1. The van der Waals surface area contributed by atoms with E-state index < -0.39 is 0 Å². The Hall–Kier alpha value is -2.37. The van der Waals surface area contributed by atoms with Crippen LogP contribution in [0.2, 0.25) is 0 Å².